The number of halogens is 2. The van der Waals surface area contributed by atoms with E-state index >= 15 is 0 Å². The second kappa shape index (κ2) is 9.89. The van der Waals surface area contributed by atoms with Crippen LogP contribution in [-0.2, 0) is 9.53 Å². The van der Waals surface area contributed by atoms with Gasteiger partial charge >= 0.3 is 12.0 Å². The van der Waals surface area contributed by atoms with E-state index in [1.165, 1.54) is 0 Å². The Labute approximate surface area is 161 Å². The largest absolute Gasteiger partial charge is 0.490 e. The van der Waals surface area contributed by atoms with Crippen LogP contribution in [0.1, 0.15) is 18.0 Å². The molecule has 138 valence electrons. The maximum atomic E-state index is 12.0. The molecule has 2 rings (SSSR count). The third-order valence-corrected chi connectivity index (χ3v) is 3.99. The van der Waals surface area contributed by atoms with E-state index in [0.717, 1.165) is 0 Å². The number of carbonyl (C=O) groups is 2. The number of rotatable bonds is 8. The lowest BCUT2D eigenvalue weighted by molar-refractivity contribution is -0.144. The lowest BCUT2D eigenvalue weighted by Crippen LogP contribution is -2.35. The zero-order valence-corrected chi connectivity index (χ0v) is 15.3. The molecule has 0 spiro atoms. The summed E-state index contributed by atoms with van der Waals surface area (Å²) in [6.45, 7) is 0.251. The molecule has 0 radical (unpaired) electrons. The van der Waals surface area contributed by atoms with E-state index in [-0.39, 0.29) is 19.6 Å². The van der Waals surface area contributed by atoms with Gasteiger partial charge in [-0.05, 0) is 35.9 Å². The number of benzene rings is 2. The summed E-state index contributed by atoms with van der Waals surface area (Å²) in [5.74, 6) is 0.109. The van der Waals surface area contributed by atoms with Crippen molar-refractivity contribution in [2.24, 2.45) is 5.73 Å². The predicted octanol–water partition coefficient (Wildman–Crippen LogP) is 3.72. The highest BCUT2D eigenvalue weighted by Crippen LogP contribution is 2.25. The van der Waals surface area contributed by atoms with E-state index in [9.17, 15) is 9.59 Å². The van der Waals surface area contributed by atoms with Crippen LogP contribution in [0.25, 0.3) is 0 Å². The summed E-state index contributed by atoms with van der Waals surface area (Å²) in [7, 11) is 0. The van der Waals surface area contributed by atoms with Crippen molar-refractivity contribution in [1.29, 1.82) is 0 Å². The SMILES string of the molecule is NC(=O)N[C@@H](CC(=O)OCCOc1ccc(Cl)cc1)c1ccccc1Cl. The smallest absolute Gasteiger partial charge is 0.312 e. The maximum Gasteiger partial charge on any atom is 0.312 e. The number of nitrogens with one attached hydrogen (secondary N) is 1. The van der Waals surface area contributed by atoms with Crippen LogP contribution in [0.3, 0.4) is 0 Å². The zero-order chi connectivity index (χ0) is 18.9. The highest BCUT2D eigenvalue weighted by molar-refractivity contribution is 6.31. The minimum absolute atomic E-state index is 0.0628. The summed E-state index contributed by atoms with van der Waals surface area (Å²) in [5.41, 5.74) is 5.76. The highest BCUT2D eigenvalue weighted by atomic mass is 35.5. The molecule has 6 nitrogen and oxygen atoms in total. The zero-order valence-electron chi connectivity index (χ0n) is 13.8. The molecule has 0 unspecified atom stereocenters. The molecule has 0 aliphatic carbocycles. The molecule has 0 aliphatic heterocycles. The van der Waals surface area contributed by atoms with Gasteiger partial charge in [-0.15, -0.1) is 0 Å². The minimum Gasteiger partial charge on any atom is -0.490 e. The first-order chi connectivity index (χ1) is 12.5. The molecule has 26 heavy (non-hydrogen) atoms. The maximum absolute atomic E-state index is 12.0. The van der Waals surface area contributed by atoms with Crippen molar-refractivity contribution in [3.05, 3.63) is 64.1 Å². The van der Waals surface area contributed by atoms with Crippen LogP contribution in [-0.4, -0.2) is 25.2 Å². The standard InChI is InChI=1S/C18H18Cl2N2O4/c19-12-5-7-13(8-6-12)25-9-10-26-17(23)11-16(22-18(21)24)14-3-1-2-4-15(14)20/h1-8,16H,9-11H2,(H3,21,22,24)/t16-/m0/s1. The Bertz CT molecular complexity index is 753. The van der Waals surface area contributed by atoms with Crippen molar-refractivity contribution in [3.8, 4) is 5.75 Å². The molecule has 2 amide bonds. The van der Waals surface area contributed by atoms with Gasteiger partial charge in [-0.2, -0.15) is 0 Å². The minimum atomic E-state index is -0.756. The Morgan fingerprint density at radius 3 is 2.38 bits per heavy atom. The molecule has 2 aromatic carbocycles. The summed E-state index contributed by atoms with van der Waals surface area (Å²) in [6, 6.07) is 12.3. The second-order valence-corrected chi connectivity index (χ2v) is 6.15. The topological polar surface area (TPSA) is 90.7 Å². The lowest BCUT2D eigenvalue weighted by atomic mass is 10.0. The van der Waals surface area contributed by atoms with Crippen molar-refractivity contribution in [2.45, 2.75) is 12.5 Å². The first-order valence-electron chi connectivity index (χ1n) is 7.80. The Morgan fingerprint density at radius 1 is 1.04 bits per heavy atom. The number of urea groups is 1. The Morgan fingerprint density at radius 2 is 1.73 bits per heavy atom. The summed E-state index contributed by atoms with van der Waals surface area (Å²) < 4.78 is 10.6. The van der Waals surface area contributed by atoms with E-state index in [2.05, 4.69) is 5.32 Å². The van der Waals surface area contributed by atoms with Crippen molar-refractivity contribution >= 4 is 35.2 Å². The third kappa shape index (κ3) is 6.46. The molecule has 3 N–H and O–H groups in total. The monoisotopic (exact) mass is 396 g/mol. The average molecular weight is 397 g/mol. The number of nitrogens with two attached hydrogens (primary N) is 1. The van der Waals surface area contributed by atoms with Gasteiger partial charge in [-0.3, -0.25) is 4.79 Å². The van der Waals surface area contributed by atoms with Gasteiger partial charge in [0.15, 0.2) is 0 Å². The number of hydrogen-bond acceptors (Lipinski definition) is 4. The first kappa shape index (κ1) is 19.9. The van der Waals surface area contributed by atoms with Gasteiger partial charge in [-0.1, -0.05) is 41.4 Å². The van der Waals surface area contributed by atoms with Crippen LogP contribution < -0.4 is 15.8 Å². The van der Waals surface area contributed by atoms with Gasteiger partial charge in [0.05, 0.1) is 12.5 Å². The van der Waals surface area contributed by atoms with Crippen molar-refractivity contribution in [3.63, 3.8) is 0 Å². The molecule has 1 atom stereocenters. The fourth-order valence-corrected chi connectivity index (χ4v) is 2.63. The third-order valence-electron chi connectivity index (χ3n) is 3.40. The number of ether oxygens (including phenoxy) is 2. The summed E-state index contributed by atoms with van der Waals surface area (Å²) in [6.07, 6.45) is -0.104. The molecule has 0 bridgehead atoms. The normalized spacial score (nSPS) is 11.5. The molecular formula is C18H18Cl2N2O4. The van der Waals surface area contributed by atoms with E-state index < -0.39 is 18.0 Å². The van der Waals surface area contributed by atoms with Gasteiger partial charge in [0, 0.05) is 10.0 Å². The highest BCUT2D eigenvalue weighted by Gasteiger charge is 2.20. The van der Waals surface area contributed by atoms with E-state index in [1.54, 1.807) is 48.5 Å². The second-order valence-electron chi connectivity index (χ2n) is 5.31. The molecular weight excluding hydrogens is 379 g/mol. The summed E-state index contributed by atoms with van der Waals surface area (Å²) in [4.78, 5) is 23.2. The Hall–Kier alpha value is -2.44. The van der Waals surface area contributed by atoms with Gasteiger partial charge in [0.25, 0.3) is 0 Å². The van der Waals surface area contributed by atoms with Gasteiger partial charge < -0.3 is 20.5 Å². The fourth-order valence-electron chi connectivity index (χ4n) is 2.24. The first-order valence-corrected chi connectivity index (χ1v) is 8.55. The number of carbonyl (C=O) groups excluding carboxylic acids is 2. The lowest BCUT2D eigenvalue weighted by Gasteiger charge is -2.18. The number of amides is 2. The van der Waals surface area contributed by atoms with Gasteiger partial charge in [-0.25, -0.2) is 4.79 Å². The molecule has 2 aromatic rings. The summed E-state index contributed by atoms with van der Waals surface area (Å²) in [5, 5.41) is 3.53. The number of primary amides is 1. The van der Waals surface area contributed by atoms with Crippen molar-refractivity contribution < 1.29 is 19.1 Å². The van der Waals surface area contributed by atoms with Gasteiger partial charge in [0.1, 0.15) is 19.0 Å². The molecule has 0 saturated carbocycles. The molecule has 0 fully saturated rings. The van der Waals surface area contributed by atoms with Crippen molar-refractivity contribution in [2.75, 3.05) is 13.2 Å². The molecule has 0 saturated heterocycles. The van der Waals surface area contributed by atoms with Crippen LogP contribution in [0.5, 0.6) is 5.75 Å². The van der Waals surface area contributed by atoms with E-state index in [1.807, 2.05) is 0 Å². The van der Waals surface area contributed by atoms with Crippen LogP contribution >= 0.6 is 23.2 Å². The number of hydrogen-bond donors (Lipinski definition) is 2. The predicted molar refractivity (Wildman–Crippen MR) is 99.4 cm³/mol. The van der Waals surface area contributed by atoms with E-state index in [4.69, 9.17) is 38.4 Å². The molecule has 0 heterocycles. The molecule has 0 aliphatic rings. The van der Waals surface area contributed by atoms with Crippen LogP contribution in [0, 0.1) is 0 Å². The van der Waals surface area contributed by atoms with Crippen molar-refractivity contribution in [1.82, 2.24) is 5.32 Å². The fraction of sp³-hybridized carbons (Fsp3) is 0.222. The van der Waals surface area contributed by atoms with E-state index in [0.29, 0.717) is 21.4 Å². The quantitative estimate of drug-likeness (QED) is 0.525. The summed E-state index contributed by atoms with van der Waals surface area (Å²) >= 11 is 11.9. The Balaban J connectivity index is 1.84. The van der Waals surface area contributed by atoms with Gasteiger partial charge in [0.2, 0.25) is 0 Å². The van der Waals surface area contributed by atoms with Crippen LogP contribution in [0.15, 0.2) is 48.5 Å². The average Bonchev–Trinajstić information content (AvgIpc) is 2.60. The Kier molecular flexibility index (Phi) is 7.56. The molecule has 0 aromatic heterocycles. The van der Waals surface area contributed by atoms with Crippen LogP contribution in [0.4, 0.5) is 4.79 Å². The molecule has 8 heteroatoms. The van der Waals surface area contributed by atoms with Crippen LogP contribution in [0.2, 0.25) is 10.0 Å². The number of esters is 1.